The van der Waals surface area contributed by atoms with Crippen molar-refractivity contribution < 1.29 is 9.59 Å². The van der Waals surface area contributed by atoms with E-state index in [0.29, 0.717) is 17.6 Å². The quantitative estimate of drug-likeness (QED) is 0.590. The van der Waals surface area contributed by atoms with Gasteiger partial charge in [-0.05, 0) is 75.1 Å². The Labute approximate surface area is 213 Å². The van der Waals surface area contributed by atoms with Crippen molar-refractivity contribution in [1.82, 2.24) is 15.3 Å². The van der Waals surface area contributed by atoms with Gasteiger partial charge in [-0.1, -0.05) is 26.7 Å². The predicted octanol–water partition coefficient (Wildman–Crippen LogP) is 5.03. The summed E-state index contributed by atoms with van der Waals surface area (Å²) in [5.41, 5.74) is 2.23. The molecule has 1 aromatic heterocycles. The molecule has 2 amide bonds. The summed E-state index contributed by atoms with van der Waals surface area (Å²) >= 11 is 0. The van der Waals surface area contributed by atoms with Crippen LogP contribution in [0.15, 0.2) is 30.5 Å². The number of benzene rings is 1. The van der Waals surface area contributed by atoms with Gasteiger partial charge in [0.15, 0.2) is 5.82 Å². The van der Waals surface area contributed by atoms with Gasteiger partial charge in [0.25, 0.3) is 5.91 Å². The summed E-state index contributed by atoms with van der Waals surface area (Å²) < 4.78 is 0. The fourth-order valence-electron chi connectivity index (χ4n) is 5.95. The highest BCUT2D eigenvalue weighted by Gasteiger charge is 2.41. The molecule has 36 heavy (non-hydrogen) atoms. The van der Waals surface area contributed by atoms with Gasteiger partial charge in [-0.15, -0.1) is 0 Å². The predicted molar refractivity (Wildman–Crippen MR) is 143 cm³/mol. The second-order valence-corrected chi connectivity index (χ2v) is 10.7. The number of amides is 2. The standard InChI is InChI=1S/C28H38N6O2/c1-4-23-27(36)33(3)24-17-29-28(32-25(24)34(23)22-7-5-6-8-22)31-21-15-11-19(12-16-21)26(35)30-20-13-9-18(2)10-14-20/h11-12,15-18,20,22-23H,4-10,13-14H2,1-3H3,(H,30,35)(H,29,31,32)/t18?,20?,23-/m1/s1. The number of hydrogen-bond donors (Lipinski definition) is 2. The van der Waals surface area contributed by atoms with Crippen LogP contribution in [0.25, 0.3) is 0 Å². The highest BCUT2D eigenvalue weighted by Crippen LogP contribution is 2.40. The van der Waals surface area contributed by atoms with Crippen molar-refractivity contribution in [3.63, 3.8) is 0 Å². The summed E-state index contributed by atoms with van der Waals surface area (Å²) in [5, 5.41) is 6.48. The molecule has 2 N–H and O–H groups in total. The van der Waals surface area contributed by atoms with Crippen LogP contribution in [0.5, 0.6) is 0 Å². The van der Waals surface area contributed by atoms with Gasteiger partial charge in [0.05, 0.1) is 6.20 Å². The molecule has 8 heteroatoms. The van der Waals surface area contributed by atoms with Crippen molar-refractivity contribution in [2.45, 2.75) is 89.8 Å². The summed E-state index contributed by atoms with van der Waals surface area (Å²) in [6.45, 7) is 4.35. The molecule has 5 rings (SSSR count). The molecule has 0 bridgehead atoms. The van der Waals surface area contributed by atoms with Crippen LogP contribution >= 0.6 is 0 Å². The number of nitrogens with one attached hydrogen (secondary N) is 2. The number of hydrogen-bond acceptors (Lipinski definition) is 6. The topological polar surface area (TPSA) is 90.5 Å². The van der Waals surface area contributed by atoms with E-state index < -0.39 is 0 Å². The van der Waals surface area contributed by atoms with E-state index in [9.17, 15) is 9.59 Å². The third-order valence-electron chi connectivity index (χ3n) is 8.17. The van der Waals surface area contributed by atoms with E-state index in [1.54, 1.807) is 11.1 Å². The highest BCUT2D eigenvalue weighted by atomic mass is 16.2. The Morgan fingerprint density at radius 2 is 1.75 bits per heavy atom. The van der Waals surface area contributed by atoms with Gasteiger partial charge in [0.2, 0.25) is 11.9 Å². The van der Waals surface area contributed by atoms with E-state index in [2.05, 4.69) is 34.4 Å². The van der Waals surface area contributed by atoms with Crippen molar-refractivity contribution in [1.29, 1.82) is 0 Å². The Morgan fingerprint density at radius 3 is 2.42 bits per heavy atom. The second kappa shape index (κ2) is 10.4. The molecule has 3 aliphatic rings. The monoisotopic (exact) mass is 490 g/mol. The van der Waals surface area contributed by atoms with Crippen molar-refractivity contribution >= 4 is 35.0 Å². The number of nitrogens with zero attached hydrogens (tertiary/aromatic N) is 4. The lowest BCUT2D eigenvalue weighted by molar-refractivity contribution is -0.120. The fourth-order valence-corrected chi connectivity index (χ4v) is 5.95. The van der Waals surface area contributed by atoms with Gasteiger partial charge in [-0.2, -0.15) is 4.98 Å². The van der Waals surface area contributed by atoms with Gasteiger partial charge in [0.1, 0.15) is 11.7 Å². The summed E-state index contributed by atoms with van der Waals surface area (Å²) in [7, 11) is 1.81. The van der Waals surface area contributed by atoms with E-state index in [1.807, 2.05) is 31.3 Å². The number of aromatic nitrogens is 2. The molecule has 0 spiro atoms. The maximum Gasteiger partial charge on any atom is 0.251 e. The lowest BCUT2D eigenvalue weighted by Gasteiger charge is -2.43. The molecule has 2 aromatic rings. The minimum absolute atomic E-state index is 0.0170. The van der Waals surface area contributed by atoms with Crippen LogP contribution in [-0.4, -0.2) is 47.0 Å². The molecule has 2 fully saturated rings. The van der Waals surface area contributed by atoms with E-state index in [0.717, 1.165) is 55.2 Å². The summed E-state index contributed by atoms with van der Waals surface area (Å²) in [6, 6.07) is 7.87. The van der Waals surface area contributed by atoms with Crippen LogP contribution in [0.2, 0.25) is 0 Å². The molecule has 0 unspecified atom stereocenters. The Morgan fingerprint density at radius 1 is 1.06 bits per heavy atom. The average molecular weight is 491 g/mol. The minimum atomic E-state index is -0.196. The van der Waals surface area contributed by atoms with E-state index in [-0.39, 0.29) is 23.9 Å². The number of fused-ring (bicyclic) bond motifs is 1. The maximum absolute atomic E-state index is 13.1. The van der Waals surface area contributed by atoms with Gasteiger partial charge < -0.3 is 20.4 Å². The first-order valence-corrected chi connectivity index (χ1v) is 13.6. The Kier molecular flexibility index (Phi) is 7.12. The van der Waals surface area contributed by atoms with Gasteiger partial charge in [-0.3, -0.25) is 9.59 Å². The van der Waals surface area contributed by atoms with Crippen LogP contribution in [0.3, 0.4) is 0 Å². The zero-order valence-electron chi connectivity index (χ0n) is 21.7. The smallest absolute Gasteiger partial charge is 0.251 e. The van der Waals surface area contributed by atoms with Crippen LogP contribution in [-0.2, 0) is 4.79 Å². The lowest BCUT2D eigenvalue weighted by atomic mass is 9.87. The van der Waals surface area contributed by atoms with Gasteiger partial charge in [0, 0.05) is 30.4 Å². The third kappa shape index (κ3) is 4.90. The number of likely N-dealkylation sites (N-methyl/N-ethyl adjacent to an activating group) is 1. The van der Waals surface area contributed by atoms with Crippen LogP contribution in [0.4, 0.5) is 23.1 Å². The van der Waals surface area contributed by atoms with E-state index in [4.69, 9.17) is 4.98 Å². The zero-order valence-corrected chi connectivity index (χ0v) is 21.7. The summed E-state index contributed by atoms with van der Waals surface area (Å²) in [4.78, 5) is 39.1. The molecule has 1 aromatic carbocycles. The second-order valence-electron chi connectivity index (χ2n) is 10.7. The normalized spacial score (nSPS) is 24.5. The van der Waals surface area contributed by atoms with Crippen molar-refractivity contribution in [2.75, 3.05) is 22.2 Å². The van der Waals surface area contributed by atoms with Gasteiger partial charge in [-0.25, -0.2) is 4.98 Å². The van der Waals surface area contributed by atoms with Gasteiger partial charge >= 0.3 is 0 Å². The first-order valence-electron chi connectivity index (χ1n) is 13.6. The molecule has 192 valence electrons. The largest absolute Gasteiger partial charge is 0.349 e. The molecule has 1 atom stereocenters. The minimum Gasteiger partial charge on any atom is -0.349 e. The SMILES string of the molecule is CC[C@@H]1C(=O)N(C)c2cnc(Nc3ccc(C(=O)NC4CCC(C)CC4)cc3)nc2N1C1CCCC1. The molecule has 0 saturated heterocycles. The zero-order chi connectivity index (χ0) is 25.2. The van der Waals surface area contributed by atoms with Crippen molar-refractivity contribution in [3.8, 4) is 0 Å². The van der Waals surface area contributed by atoms with Crippen molar-refractivity contribution in [3.05, 3.63) is 36.0 Å². The molecule has 2 heterocycles. The number of carbonyl (C=O) groups excluding carboxylic acids is 2. The fraction of sp³-hybridized carbons (Fsp3) is 0.571. The lowest BCUT2D eigenvalue weighted by Crippen LogP contribution is -2.55. The van der Waals surface area contributed by atoms with Crippen LogP contribution < -0.4 is 20.4 Å². The Bertz CT molecular complexity index is 1090. The Balaban J connectivity index is 1.31. The number of anilines is 4. The molecular formula is C28H38N6O2. The van der Waals surface area contributed by atoms with E-state index >= 15 is 0 Å². The summed E-state index contributed by atoms with van der Waals surface area (Å²) in [5.74, 6) is 2.16. The molecule has 1 aliphatic heterocycles. The molecule has 2 saturated carbocycles. The summed E-state index contributed by atoms with van der Waals surface area (Å²) in [6.07, 6.45) is 11.5. The molecule has 0 radical (unpaired) electrons. The molecule has 8 nitrogen and oxygen atoms in total. The van der Waals surface area contributed by atoms with Crippen LogP contribution in [0.1, 0.15) is 82.0 Å². The maximum atomic E-state index is 13.1. The van der Waals surface area contributed by atoms with Crippen LogP contribution in [0, 0.1) is 5.92 Å². The average Bonchev–Trinajstić information content (AvgIpc) is 3.42. The number of carbonyl (C=O) groups is 2. The van der Waals surface area contributed by atoms with Crippen molar-refractivity contribution in [2.24, 2.45) is 5.92 Å². The van der Waals surface area contributed by atoms with E-state index in [1.165, 1.54) is 25.7 Å². The highest BCUT2D eigenvalue weighted by molar-refractivity contribution is 6.04. The first kappa shape index (κ1) is 24.5. The Hall–Kier alpha value is -3.16. The first-order chi connectivity index (χ1) is 17.4. The number of rotatable bonds is 6. The third-order valence-corrected chi connectivity index (χ3v) is 8.17. The molecule has 2 aliphatic carbocycles. The molecular weight excluding hydrogens is 452 g/mol.